The van der Waals surface area contributed by atoms with Gasteiger partial charge in [0, 0.05) is 13.1 Å². The smallest absolute Gasteiger partial charge is 0.349 e. The zero-order valence-corrected chi connectivity index (χ0v) is 13.1. The molecule has 1 heterocycles. The Balaban J connectivity index is 3.40. The van der Waals surface area contributed by atoms with Gasteiger partial charge in [0.15, 0.2) is 0 Å². The van der Waals surface area contributed by atoms with Crippen molar-refractivity contribution in [3.63, 3.8) is 0 Å². The van der Waals surface area contributed by atoms with Crippen LogP contribution in [0.3, 0.4) is 0 Å². The number of carbonyl (C=O) groups excluding carboxylic acids is 1. The molecule has 110 valence electrons. The SMILES string of the molecule is C=CCN(CC=C)S(=O)(=O)c1c(C)csc1C(=O)OC. The van der Waals surface area contributed by atoms with Crippen LogP contribution in [0.25, 0.3) is 0 Å². The first-order valence-corrected chi connectivity index (χ1v) is 8.10. The third-order valence-corrected chi connectivity index (χ3v) is 5.78. The molecule has 0 atom stereocenters. The third-order valence-electron chi connectivity index (χ3n) is 2.55. The normalized spacial score (nSPS) is 11.3. The second-order valence-electron chi connectivity index (χ2n) is 3.97. The quantitative estimate of drug-likeness (QED) is 0.571. The van der Waals surface area contributed by atoms with Crippen LogP contribution in [0.5, 0.6) is 0 Å². The summed E-state index contributed by atoms with van der Waals surface area (Å²) >= 11 is 1.06. The lowest BCUT2D eigenvalue weighted by Crippen LogP contribution is -2.32. The Bertz CT molecular complexity index is 606. The topological polar surface area (TPSA) is 63.7 Å². The molecule has 0 saturated heterocycles. The number of ether oxygens (including phenoxy) is 1. The summed E-state index contributed by atoms with van der Waals surface area (Å²) in [6.45, 7) is 9.02. The number of esters is 1. The minimum absolute atomic E-state index is 0.00181. The van der Waals surface area contributed by atoms with E-state index in [1.165, 1.54) is 23.6 Å². The van der Waals surface area contributed by atoms with E-state index in [1.54, 1.807) is 12.3 Å². The minimum atomic E-state index is -3.80. The fraction of sp³-hybridized carbons (Fsp3) is 0.308. The molecule has 0 radical (unpaired) electrons. The molecule has 0 amide bonds. The lowest BCUT2D eigenvalue weighted by Gasteiger charge is -2.19. The van der Waals surface area contributed by atoms with E-state index in [-0.39, 0.29) is 22.9 Å². The highest BCUT2D eigenvalue weighted by Gasteiger charge is 2.31. The van der Waals surface area contributed by atoms with Crippen molar-refractivity contribution < 1.29 is 17.9 Å². The molecule has 0 bridgehead atoms. The van der Waals surface area contributed by atoms with Gasteiger partial charge in [-0.1, -0.05) is 12.2 Å². The third kappa shape index (κ3) is 3.17. The highest BCUT2D eigenvalue weighted by molar-refractivity contribution is 7.89. The summed E-state index contributed by atoms with van der Waals surface area (Å²) in [5, 5.41) is 1.62. The predicted octanol–water partition coefficient (Wildman–Crippen LogP) is 2.21. The van der Waals surface area contributed by atoms with Crippen molar-refractivity contribution in [1.29, 1.82) is 0 Å². The lowest BCUT2D eigenvalue weighted by atomic mass is 10.3. The maximum Gasteiger partial charge on any atom is 0.349 e. The average Bonchev–Trinajstić information content (AvgIpc) is 2.80. The summed E-state index contributed by atoms with van der Waals surface area (Å²) in [7, 11) is -2.58. The van der Waals surface area contributed by atoms with Crippen LogP contribution in [0, 0.1) is 6.92 Å². The molecule has 0 aliphatic rings. The van der Waals surface area contributed by atoms with E-state index in [0.717, 1.165) is 11.3 Å². The minimum Gasteiger partial charge on any atom is -0.465 e. The van der Waals surface area contributed by atoms with Crippen LogP contribution in [0.4, 0.5) is 0 Å². The number of aryl methyl sites for hydroxylation is 1. The number of sulfonamides is 1. The zero-order valence-electron chi connectivity index (χ0n) is 11.5. The maximum absolute atomic E-state index is 12.7. The highest BCUT2D eigenvalue weighted by atomic mass is 32.2. The fourth-order valence-electron chi connectivity index (χ4n) is 1.68. The van der Waals surface area contributed by atoms with Gasteiger partial charge >= 0.3 is 5.97 Å². The van der Waals surface area contributed by atoms with Gasteiger partial charge in [0.1, 0.15) is 9.77 Å². The van der Waals surface area contributed by atoms with Crippen LogP contribution in [0.15, 0.2) is 35.6 Å². The zero-order chi connectivity index (χ0) is 15.3. The monoisotopic (exact) mass is 315 g/mol. The van der Waals surface area contributed by atoms with Crippen LogP contribution in [0.1, 0.15) is 15.2 Å². The summed E-state index contributed by atoms with van der Waals surface area (Å²) in [5.41, 5.74) is 0.522. The van der Waals surface area contributed by atoms with Crippen LogP contribution < -0.4 is 0 Å². The molecule has 0 unspecified atom stereocenters. The van der Waals surface area contributed by atoms with Crippen molar-refractivity contribution in [2.75, 3.05) is 20.2 Å². The molecule has 0 N–H and O–H groups in total. The second-order valence-corrected chi connectivity index (χ2v) is 6.72. The van der Waals surface area contributed by atoms with Crippen molar-refractivity contribution in [1.82, 2.24) is 4.31 Å². The van der Waals surface area contributed by atoms with Crippen molar-refractivity contribution >= 4 is 27.3 Å². The number of hydrogen-bond acceptors (Lipinski definition) is 5. The lowest BCUT2D eigenvalue weighted by molar-refractivity contribution is 0.0602. The van der Waals surface area contributed by atoms with Gasteiger partial charge in [-0.25, -0.2) is 13.2 Å². The van der Waals surface area contributed by atoms with Crippen molar-refractivity contribution in [2.24, 2.45) is 0 Å². The van der Waals surface area contributed by atoms with Gasteiger partial charge in [-0.2, -0.15) is 4.31 Å². The Morgan fingerprint density at radius 2 is 1.95 bits per heavy atom. The molecule has 7 heteroatoms. The summed E-state index contributed by atoms with van der Waals surface area (Å²) in [6, 6.07) is 0. The van der Waals surface area contributed by atoms with Gasteiger partial charge in [-0.15, -0.1) is 24.5 Å². The van der Waals surface area contributed by atoms with Gasteiger partial charge < -0.3 is 4.74 Å². The number of rotatable bonds is 7. The summed E-state index contributed by atoms with van der Waals surface area (Å²) in [5.74, 6) is -0.654. The Morgan fingerprint density at radius 1 is 1.40 bits per heavy atom. The van der Waals surface area contributed by atoms with Gasteiger partial charge in [0.05, 0.1) is 7.11 Å². The van der Waals surface area contributed by atoms with Crippen LogP contribution in [-0.2, 0) is 14.8 Å². The van der Waals surface area contributed by atoms with E-state index in [4.69, 9.17) is 0 Å². The van der Waals surface area contributed by atoms with Crippen LogP contribution in [-0.4, -0.2) is 38.9 Å². The molecule has 0 aliphatic heterocycles. The van der Waals surface area contributed by atoms with Crippen molar-refractivity contribution in [3.05, 3.63) is 41.1 Å². The molecule has 0 saturated carbocycles. The van der Waals surface area contributed by atoms with E-state index in [0.29, 0.717) is 5.56 Å². The first-order chi connectivity index (χ1) is 9.39. The summed E-state index contributed by atoms with van der Waals surface area (Å²) in [4.78, 5) is 11.8. The Hall–Kier alpha value is -1.44. The molecule has 0 fully saturated rings. The van der Waals surface area contributed by atoms with E-state index in [2.05, 4.69) is 17.9 Å². The molecule has 0 aromatic carbocycles. The Morgan fingerprint density at radius 3 is 2.40 bits per heavy atom. The van der Waals surface area contributed by atoms with Gasteiger partial charge in [0.25, 0.3) is 0 Å². The highest BCUT2D eigenvalue weighted by Crippen LogP contribution is 2.30. The molecule has 1 aromatic heterocycles. The predicted molar refractivity (Wildman–Crippen MR) is 79.5 cm³/mol. The molecule has 0 aliphatic carbocycles. The van der Waals surface area contributed by atoms with Gasteiger partial charge in [-0.05, 0) is 17.9 Å². The van der Waals surface area contributed by atoms with Gasteiger partial charge in [-0.3, -0.25) is 0 Å². The molecule has 1 rings (SSSR count). The standard InChI is InChI=1S/C13H17NO4S2/c1-5-7-14(8-6-2)20(16,17)12-10(3)9-19-11(12)13(15)18-4/h5-6,9H,1-2,7-8H2,3-4H3. The molecular weight excluding hydrogens is 298 g/mol. The van der Waals surface area contributed by atoms with Crippen LogP contribution in [0.2, 0.25) is 0 Å². The molecule has 20 heavy (non-hydrogen) atoms. The molecule has 1 aromatic rings. The molecular formula is C13H17NO4S2. The van der Waals surface area contributed by atoms with E-state index >= 15 is 0 Å². The number of thiophene rings is 1. The first kappa shape index (κ1) is 16.6. The number of nitrogens with zero attached hydrogens (tertiary/aromatic N) is 1. The fourth-order valence-corrected chi connectivity index (χ4v) is 4.72. The first-order valence-electron chi connectivity index (χ1n) is 5.78. The molecule has 5 nitrogen and oxygen atoms in total. The summed E-state index contributed by atoms with van der Waals surface area (Å²) in [6.07, 6.45) is 2.97. The second kappa shape index (κ2) is 6.83. The number of carbonyl (C=O) groups is 1. The maximum atomic E-state index is 12.7. The van der Waals surface area contributed by atoms with Crippen molar-refractivity contribution in [3.8, 4) is 0 Å². The molecule has 0 spiro atoms. The van der Waals surface area contributed by atoms with Crippen LogP contribution >= 0.6 is 11.3 Å². The van der Waals surface area contributed by atoms with E-state index in [9.17, 15) is 13.2 Å². The van der Waals surface area contributed by atoms with E-state index < -0.39 is 16.0 Å². The number of hydrogen-bond donors (Lipinski definition) is 0. The summed E-state index contributed by atoms with van der Waals surface area (Å²) < 4.78 is 31.2. The van der Waals surface area contributed by atoms with Crippen molar-refractivity contribution in [2.45, 2.75) is 11.8 Å². The largest absolute Gasteiger partial charge is 0.465 e. The van der Waals surface area contributed by atoms with E-state index in [1.807, 2.05) is 0 Å². The average molecular weight is 315 g/mol. The number of methoxy groups -OCH3 is 1. The van der Waals surface area contributed by atoms with Gasteiger partial charge in [0.2, 0.25) is 10.0 Å². The Labute approximate surface area is 123 Å². The Kier molecular flexibility index (Phi) is 5.67.